The van der Waals surface area contributed by atoms with Crippen LogP contribution in [0.4, 0.5) is 5.69 Å². The van der Waals surface area contributed by atoms with E-state index in [1.54, 1.807) is 11.8 Å². The summed E-state index contributed by atoms with van der Waals surface area (Å²) in [6, 6.07) is 17.7. The van der Waals surface area contributed by atoms with Crippen LogP contribution < -0.4 is 10.2 Å². The Morgan fingerprint density at radius 2 is 1.66 bits per heavy atom. The zero-order valence-corrected chi connectivity index (χ0v) is 21.4. The highest BCUT2D eigenvalue weighted by Gasteiger charge is 2.40. The monoisotopic (exact) mass is 510 g/mol. The van der Waals surface area contributed by atoms with Gasteiger partial charge in [0.2, 0.25) is 17.7 Å². The van der Waals surface area contributed by atoms with Gasteiger partial charge in [0, 0.05) is 57.0 Å². The van der Waals surface area contributed by atoms with Crippen molar-refractivity contribution in [1.29, 1.82) is 0 Å². The highest BCUT2D eigenvalue weighted by Crippen LogP contribution is 2.41. The Kier molecular flexibility index (Phi) is 6.19. The predicted molar refractivity (Wildman–Crippen MR) is 144 cm³/mol. The first kappa shape index (κ1) is 24.3. The summed E-state index contributed by atoms with van der Waals surface area (Å²) < 4.78 is 0. The van der Waals surface area contributed by atoms with E-state index in [1.165, 1.54) is 11.1 Å². The lowest BCUT2D eigenvalue weighted by Gasteiger charge is -2.34. The number of piperazine rings is 1. The molecule has 3 aliphatic heterocycles. The van der Waals surface area contributed by atoms with Gasteiger partial charge in [-0.1, -0.05) is 42.5 Å². The van der Waals surface area contributed by atoms with Gasteiger partial charge in [0.05, 0.1) is 5.69 Å². The molecule has 0 bridgehead atoms. The molecular weight excluding hydrogens is 480 g/mol. The van der Waals surface area contributed by atoms with Crippen LogP contribution in [0.1, 0.15) is 46.8 Å². The molecule has 8 nitrogen and oxygen atoms in total. The van der Waals surface area contributed by atoms with Crippen LogP contribution in [0.3, 0.4) is 0 Å². The second kappa shape index (κ2) is 9.68. The SMILES string of the molecule is CC(=O)N1CCN(Cc2ccc(Cc3ccc4c5c(cccc35)C(=O)N4C3CCC(=O)NC3=O)cc2)CC1. The van der Waals surface area contributed by atoms with Crippen molar-refractivity contribution in [2.24, 2.45) is 0 Å². The molecule has 38 heavy (non-hydrogen) atoms. The van der Waals surface area contributed by atoms with Crippen LogP contribution in [0.25, 0.3) is 10.8 Å². The van der Waals surface area contributed by atoms with E-state index in [-0.39, 0.29) is 24.1 Å². The van der Waals surface area contributed by atoms with E-state index in [4.69, 9.17) is 0 Å². The Morgan fingerprint density at radius 1 is 0.921 bits per heavy atom. The molecule has 8 heteroatoms. The van der Waals surface area contributed by atoms with Crippen molar-refractivity contribution >= 4 is 40.1 Å². The van der Waals surface area contributed by atoms with E-state index in [0.717, 1.165) is 61.2 Å². The van der Waals surface area contributed by atoms with Crippen molar-refractivity contribution in [1.82, 2.24) is 15.1 Å². The quantitative estimate of drug-likeness (QED) is 0.533. The first-order chi connectivity index (χ1) is 18.4. The van der Waals surface area contributed by atoms with E-state index in [1.807, 2.05) is 35.2 Å². The third-order valence-electron chi connectivity index (χ3n) is 7.98. The largest absolute Gasteiger partial charge is 0.340 e. The van der Waals surface area contributed by atoms with Crippen molar-refractivity contribution in [2.75, 3.05) is 31.1 Å². The minimum absolute atomic E-state index is 0.144. The third kappa shape index (κ3) is 4.35. The molecule has 6 rings (SSSR count). The van der Waals surface area contributed by atoms with Crippen LogP contribution in [0.2, 0.25) is 0 Å². The molecule has 3 aromatic rings. The van der Waals surface area contributed by atoms with E-state index >= 15 is 0 Å². The number of hydrogen-bond donors (Lipinski definition) is 1. The topological polar surface area (TPSA) is 90.0 Å². The van der Waals surface area contributed by atoms with Crippen molar-refractivity contribution in [3.8, 4) is 0 Å². The van der Waals surface area contributed by atoms with Crippen LogP contribution in [0.5, 0.6) is 0 Å². The molecule has 3 aromatic carbocycles. The first-order valence-electron chi connectivity index (χ1n) is 13.2. The molecule has 0 spiro atoms. The van der Waals surface area contributed by atoms with Gasteiger partial charge < -0.3 is 4.90 Å². The van der Waals surface area contributed by atoms with Gasteiger partial charge >= 0.3 is 0 Å². The van der Waals surface area contributed by atoms with Gasteiger partial charge in [0.25, 0.3) is 5.91 Å². The van der Waals surface area contributed by atoms with E-state index in [0.29, 0.717) is 12.0 Å². The first-order valence-corrected chi connectivity index (χ1v) is 13.2. The molecule has 0 aliphatic carbocycles. The molecule has 4 amide bonds. The molecule has 0 radical (unpaired) electrons. The number of anilines is 1. The van der Waals surface area contributed by atoms with Crippen LogP contribution >= 0.6 is 0 Å². The summed E-state index contributed by atoms with van der Waals surface area (Å²) in [7, 11) is 0. The average Bonchev–Trinajstić information content (AvgIpc) is 3.20. The Balaban J connectivity index is 1.20. The van der Waals surface area contributed by atoms with Gasteiger partial charge in [-0.3, -0.25) is 34.3 Å². The predicted octanol–water partition coefficient (Wildman–Crippen LogP) is 2.86. The van der Waals surface area contributed by atoms with Crippen LogP contribution in [-0.2, 0) is 27.3 Å². The molecule has 2 saturated heterocycles. The molecule has 1 atom stereocenters. The van der Waals surface area contributed by atoms with E-state index < -0.39 is 11.9 Å². The second-order valence-electron chi connectivity index (χ2n) is 10.4. The van der Waals surface area contributed by atoms with Gasteiger partial charge in [-0.2, -0.15) is 0 Å². The minimum Gasteiger partial charge on any atom is -0.340 e. The normalized spacial score (nSPS) is 19.8. The molecule has 3 heterocycles. The van der Waals surface area contributed by atoms with Crippen LogP contribution in [-0.4, -0.2) is 65.6 Å². The maximum Gasteiger partial charge on any atom is 0.259 e. The number of rotatable bonds is 5. The lowest BCUT2D eigenvalue weighted by atomic mass is 9.95. The smallest absolute Gasteiger partial charge is 0.259 e. The summed E-state index contributed by atoms with van der Waals surface area (Å²) in [5.74, 6) is -0.756. The Morgan fingerprint density at radius 3 is 2.37 bits per heavy atom. The molecular formula is C30H30N4O4. The number of hydrogen-bond acceptors (Lipinski definition) is 5. The maximum atomic E-state index is 13.4. The number of carbonyl (C=O) groups is 4. The molecule has 1 unspecified atom stereocenters. The highest BCUT2D eigenvalue weighted by atomic mass is 16.2. The summed E-state index contributed by atoms with van der Waals surface area (Å²) in [4.78, 5) is 55.0. The molecule has 2 fully saturated rings. The van der Waals surface area contributed by atoms with Crippen molar-refractivity contribution in [3.63, 3.8) is 0 Å². The van der Waals surface area contributed by atoms with E-state index in [2.05, 4.69) is 34.5 Å². The number of imide groups is 1. The Hall–Kier alpha value is -4.04. The van der Waals surface area contributed by atoms with E-state index in [9.17, 15) is 19.2 Å². The molecule has 1 N–H and O–H groups in total. The number of benzene rings is 3. The van der Waals surface area contributed by atoms with Crippen molar-refractivity contribution < 1.29 is 19.2 Å². The van der Waals surface area contributed by atoms with Crippen molar-refractivity contribution in [2.45, 2.75) is 38.8 Å². The Bertz CT molecular complexity index is 1460. The fourth-order valence-electron chi connectivity index (χ4n) is 5.92. The Labute approximate surface area is 221 Å². The second-order valence-corrected chi connectivity index (χ2v) is 10.4. The molecule has 3 aliphatic rings. The van der Waals surface area contributed by atoms with Gasteiger partial charge in [-0.25, -0.2) is 0 Å². The lowest BCUT2D eigenvalue weighted by Crippen LogP contribution is -2.53. The number of nitrogens with one attached hydrogen (secondary N) is 1. The van der Waals surface area contributed by atoms with Crippen LogP contribution in [0.15, 0.2) is 54.6 Å². The summed E-state index contributed by atoms with van der Waals surface area (Å²) in [5.41, 5.74) is 4.89. The molecule has 0 aromatic heterocycles. The third-order valence-corrected chi connectivity index (χ3v) is 7.98. The molecule has 194 valence electrons. The fourth-order valence-corrected chi connectivity index (χ4v) is 5.92. The van der Waals surface area contributed by atoms with Gasteiger partial charge in [-0.15, -0.1) is 0 Å². The summed E-state index contributed by atoms with van der Waals surface area (Å²) >= 11 is 0. The lowest BCUT2D eigenvalue weighted by molar-refractivity contribution is -0.134. The standard InChI is InChI=1S/C30H30N4O4/c1-19(35)33-15-13-32(14-16-33)18-21-7-5-20(6-8-21)17-22-9-10-25-28-23(22)3-2-4-24(28)30(38)34(25)26-11-12-27(36)31-29(26)37/h2-10,26H,11-18H2,1H3,(H,31,36,37). The minimum atomic E-state index is -0.681. The zero-order valence-electron chi connectivity index (χ0n) is 21.4. The number of carbonyl (C=O) groups excluding carboxylic acids is 4. The number of amides is 4. The summed E-state index contributed by atoms with van der Waals surface area (Å²) in [5, 5.41) is 4.26. The van der Waals surface area contributed by atoms with Gasteiger partial charge in [-0.05, 0) is 47.1 Å². The van der Waals surface area contributed by atoms with Gasteiger partial charge in [0.1, 0.15) is 6.04 Å². The number of nitrogens with zero attached hydrogens (tertiary/aromatic N) is 3. The van der Waals surface area contributed by atoms with Gasteiger partial charge in [0.15, 0.2) is 0 Å². The molecule has 0 saturated carbocycles. The fraction of sp³-hybridized carbons (Fsp3) is 0.333. The summed E-state index contributed by atoms with van der Waals surface area (Å²) in [6.45, 7) is 5.82. The number of piperidine rings is 1. The maximum absolute atomic E-state index is 13.4. The highest BCUT2D eigenvalue weighted by molar-refractivity contribution is 6.27. The van der Waals surface area contributed by atoms with Crippen molar-refractivity contribution in [3.05, 3.63) is 76.9 Å². The average molecular weight is 511 g/mol. The zero-order chi connectivity index (χ0) is 26.4. The summed E-state index contributed by atoms with van der Waals surface area (Å²) in [6.07, 6.45) is 1.28. The van der Waals surface area contributed by atoms with Crippen LogP contribution in [0, 0.1) is 0 Å².